The van der Waals surface area contributed by atoms with Gasteiger partial charge in [-0.2, -0.15) is 11.8 Å². The van der Waals surface area contributed by atoms with E-state index in [1.165, 1.54) is 0 Å². The van der Waals surface area contributed by atoms with E-state index in [2.05, 4.69) is 6.92 Å². The molecule has 0 radical (unpaired) electrons. The summed E-state index contributed by atoms with van der Waals surface area (Å²) in [7, 11) is 1.89. The molecule has 5 heteroatoms. The number of nitrogens with two attached hydrogens (primary N) is 1. The van der Waals surface area contributed by atoms with Gasteiger partial charge in [-0.25, -0.2) is 0 Å². The minimum atomic E-state index is -0.684. The van der Waals surface area contributed by atoms with E-state index < -0.39 is 5.54 Å². The molecule has 0 aromatic heterocycles. The summed E-state index contributed by atoms with van der Waals surface area (Å²) in [5, 5.41) is 0. The third kappa shape index (κ3) is 3.82. The van der Waals surface area contributed by atoms with Crippen molar-refractivity contribution in [3.8, 4) is 0 Å². The molecule has 3 nitrogen and oxygen atoms in total. The summed E-state index contributed by atoms with van der Waals surface area (Å²) >= 11 is 1.92. The minimum Gasteiger partial charge on any atom is -0.340 e. The second-order valence-electron chi connectivity index (χ2n) is 4.60. The van der Waals surface area contributed by atoms with Gasteiger partial charge >= 0.3 is 0 Å². The molecule has 1 aliphatic rings. The number of hydrogen-bond acceptors (Lipinski definition) is 3. The molecular weight excluding hydrogens is 244 g/mol. The average Bonchev–Trinajstić information content (AvgIpc) is 2.68. The van der Waals surface area contributed by atoms with Gasteiger partial charge in [0.05, 0.1) is 5.54 Å². The molecule has 1 amide bonds. The molecule has 96 valence electrons. The van der Waals surface area contributed by atoms with Crippen molar-refractivity contribution in [3.05, 3.63) is 0 Å². The van der Waals surface area contributed by atoms with Gasteiger partial charge in [0.1, 0.15) is 0 Å². The topological polar surface area (TPSA) is 46.3 Å². The van der Waals surface area contributed by atoms with Gasteiger partial charge in [-0.3, -0.25) is 4.79 Å². The molecule has 1 heterocycles. The van der Waals surface area contributed by atoms with Crippen LogP contribution in [0.1, 0.15) is 33.1 Å². The third-order valence-corrected chi connectivity index (χ3v) is 4.18. The highest BCUT2D eigenvalue weighted by molar-refractivity contribution is 7.99. The summed E-state index contributed by atoms with van der Waals surface area (Å²) in [5.41, 5.74) is 5.36. The third-order valence-electron chi connectivity index (χ3n) is 3.03. The molecule has 0 saturated carbocycles. The first-order chi connectivity index (χ1) is 6.99. The number of carbonyl (C=O) groups is 1. The summed E-state index contributed by atoms with van der Waals surface area (Å²) in [4.78, 5) is 14.0. The largest absolute Gasteiger partial charge is 0.340 e. The Kier molecular flexibility index (Phi) is 6.75. The number of carbonyl (C=O) groups excluding carboxylic acids is 1. The molecule has 1 fully saturated rings. The molecule has 16 heavy (non-hydrogen) atoms. The first kappa shape index (κ1) is 16.1. The van der Waals surface area contributed by atoms with Crippen molar-refractivity contribution < 1.29 is 4.79 Å². The normalized spacial score (nSPS) is 23.4. The fourth-order valence-electron chi connectivity index (χ4n) is 2.02. The van der Waals surface area contributed by atoms with E-state index in [0.29, 0.717) is 6.04 Å². The van der Waals surface area contributed by atoms with Crippen LogP contribution in [0.25, 0.3) is 0 Å². The van der Waals surface area contributed by atoms with E-state index in [4.69, 9.17) is 5.73 Å². The number of hydrogen-bond donors (Lipinski definition) is 1. The Morgan fingerprint density at radius 3 is 2.69 bits per heavy atom. The monoisotopic (exact) mass is 266 g/mol. The Labute approximate surface area is 109 Å². The van der Waals surface area contributed by atoms with E-state index in [0.717, 1.165) is 30.8 Å². The van der Waals surface area contributed by atoms with Crippen molar-refractivity contribution in [1.29, 1.82) is 0 Å². The highest BCUT2D eigenvalue weighted by Crippen LogP contribution is 2.23. The first-order valence-electron chi connectivity index (χ1n) is 5.63. The van der Waals surface area contributed by atoms with Crippen molar-refractivity contribution in [2.24, 2.45) is 5.73 Å². The van der Waals surface area contributed by atoms with Gasteiger partial charge in [-0.05, 0) is 25.5 Å². The maximum absolute atomic E-state index is 12.1. The molecule has 0 aromatic carbocycles. The second kappa shape index (κ2) is 6.72. The Balaban J connectivity index is 0.00000225. The van der Waals surface area contributed by atoms with Crippen LogP contribution in [-0.4, -0.2) is 40.9 Å². The molecule has 0 bridgehead atoms. The predicted molar refractivity (Wildman–Crippen MR) is 73.2 cm³/mol. The molecular formula is C11H23ClN2OS. The molecule has 0 aliphatic carbocycles. The van der Waals surface area contributed by atoms with Crippen molar-refractivity contribution >= 4 is 30.1 Å². The Hall–Kier alpha value is 0.0700. The number of amides is 1. The van der Waals surface area contributed by atoms with Crippen LogP contribution in [0.15, 0.2) is 0 Å². The van der Waals surface area contributed by atoms with E-state index >= 15 is 0 Å². The highest BCUT2D eigenvalue weighted by Gasteiger charge is 2.34. The lowest BCUT2D eigenvalue weighted by Crippen LogP contribution is -2.54. The van der Waals surface area contributed by atoms with Crippen molar-refractivity contribution in [2.75, 3.05) is 18.6 Å². The van der Waals surface area contributed by atoms with Crippen molar-refractivity contribution in [3.63, 3.8) is 0 Å². The molecule has 2 N–H and O–H groups in total. The zero-order valence-electron chi connectivity index (χ0n) is 10.4. The van der Waals surface area contributed by atoms with E-state index in [-0.39, 0.29) is 18.3 Å². The number of nitrogens with zero attached hydrogens (tertiary/aromatic N) is 1. The molecule has 2 atom stereocenters. The van der Waals surface area contributed by atoms with Crippen molar-refractivity contribution in [1.82, 2.24) is 4.90 Å². The molecule has 1 saturated heterocycles. The van der Waals surface area contributed by atoms with Crippen LogP contribution in [0.4, 0.5) is 0 Å². The maximum Gasteiger partial charge on any atom is 0.242 e. The zero-order chi connectivity index (χ0) is 11.5. The van der Waals surface area contributed by atoms with Crippen molar-refractivity contribution in [2.45, 2.75) is 44.7 Å². The standard InChI is InChI=1S/C11H22N2OS.ClH/c1-4-6-11(2,12)10(14)13(3)9-5-7-15-8-9;/h9H,4-8,12H2,1-3H3;1H. The van der Waals surface area contributed by atoms with Crippen LogP contribution < -0.4 is 5.73 Å². The van der Waals surface area contributed by atoms with E-state index in [9.17, 15) is 4.79 Å². The van der Waals surface area contributed by atoms with Gasteiger partial charge in [0.15, 0.2) is 0 Å². The second-order valence-corrected chi connectivity index (χ2v) is 5.75. The van der Waals surface area contributed by atoms with Gasteiger partial charge in [-0.1, -0.05) is 13.3 Å². The molecule has 2 unspecified atom stereocenters. The number of halogens is 1. The lowest BCUT2D eigenvalue weighted by Gasteiger charge is -2.32. The van der Waals surface area contributed by atoms with Crippen LogP contribution in [0.5, 0.6) is 0 Å². The number of rotatable bonds is 4. The molecule has 1 rings (SSSR count). The fourth-order valence-corrected chi connectivity index (χ4v) is 3.29. The predicted octanol–water partition coefficient (Wildman–Crippen LogP) is 1.89. The minimum absolute atomic E-state index is 0. The van der Waals surface area contributed by atoms with Gasteiger partial charge < -0.3 is 10.6 Å². The fraction of sp³-hybridized carbons (Fsp3) is 0.909. The molecule has 1 aliphatic heterocycles. The molecule has 0 aromatic rings. The number of likely N-dealkylation sites (N-methyl/N-ethyl adjacent to an activating group) is 1. The maximum atomic E-state index is 12.1. The van der Waals surface area contributed by atoms with Gasteiger partial charge in [0.2, 0.25) is 5.91 Å². The SMILES string of the molecule is CCCC(C)(N)C(=O)N(C)C1CCSC1.Cl. The zero-order valence-corrected chi connectivity index (χ0v) is 12.0. The van der Waals surface area contributed by atoms with E-state index in [1.54, 1.807) is 0 Å². The van der Waals surface area contributed by atoms with Gasteiger partial charge in [0, 0.05) is 18.8 Å². The smallest absolute Gasteiger partial charge is 0.242 e. The Bertz CT molecular complexity index is 230. The summed E-state index contributed by atoms with van der Waals surface area (Å²) < 4.78 is 0. The summed E-state index contributed by atoms with van der Waals surface area (Å²) in [6.07, 6.45) is 2.82. The Morgan fingerprint density at radius 1 is 1.62 bits per heavy atom. The Morgan fingerprint density at radius 2 is 2.25 bits per heavy atom. The van der Waals surface area contributed by atoms with Crippen LogP contribution in [-0.2, 0) is 4.79 Å². The van der Waals surface area contributed by atoms with Crippen LogP contribution >= 0.6 is 24.2 Å². The molecule has 0 spiro atoms. The van der Waals surface area contributed by atoms with Crippen LogP contribution in [0.3, 0.4) is 0 Å². The van der Waals surface area contributed by atoms with Crippen LogP contribution in [0.2, 0.25) is 0 Å². The summed E-state index contributed by atoms with van der Waals surface area (Å²) in [5.74, 6) is 2.32. The quantitative estimate of drug-likeness (QED) is 0.845. The summed E-state index contributed by atoms with van der Waals surface area (Å²) in [6.45, 7) is 3.90. The van der Waals surface area contributed by atoms with Gasteiger partial charge in [0.25, 0.3) is 0 Å². The summed E-state index contributed by atoms with van der Waals surface area (Å²) in [6, 6.07) is 0.391. The average molecular weight is 267 g/mol. The number of thioether (sulfide) groups is 1. The highest BCUT2D eigenvalue weighted by atomic mass is 35.5. The lowest BCUT2D eigenvalue weighted by molar-refractivity contribution is -0.137. The van der Waals surface area contributed by atoms with Crippen LogP contribution in [0, 0.1) is 0 Å². The lowest BCUT2D eigenvalue weighted by atomic mass is 9.95. The first-order valence-corrected chi connectivity index (χ1v) is 6.78. The van der Waals surface area contributed by atoms with Gasteiger partial charge in [-0.15, -0.1) is 12.4 Å². The van der Waals surface area contributed by atoms with E-state index in [1.807, 2.05) is 30.6 Å².